The van der Waals surface area contributed by atoms with Crippen LogP contribution in [-0.2, 0) is 21.0 Å². The molecule has 3 heterocycles. The van der Waals surface area contributed by atoms with Crippen LogP contribution in [0.5, 0.6) is 5.75 Å². The Morgan fingerprint density at radius 3 is 2.42 bits per heavy atom. The van der Waals surface area contributed by atoms with Gasteiger partial charge in [0.2, 0.25) is 11.8 Å². The van der Waals surface area contributed by atoms with Crippen molar-refractivity contribution in [3.05, 3.63) is 80.3 Å². The lowest BCUT2D eigenvalue weighted by molar-refractivity contribution is -0.149. The molecule has 0 unspecified atom stereocenters. The second-order valence-electron chi connectivity index (χ2n) is 10.5. The Kier molecular flexibility index (Phi) is 5.52. The fourth-order valence-corrected chi connectivity index (χ4v) is 10.1. The molecule has 2 amide bonds. The summed E-state index contributed by atoms with van der Waals surface area (Å²) < 4.78 is 5.98. The molecule has 2 aromatic carbocycles. The summed E-state index contributed by atoms with van der Waals surface area (Å²) in [5.74, 6) is -2.18. The maximum absolute atomic E-state index is 13.3. The summed E-state index contributed by atoms with van der Waals surface area (Å²) in [6.45, 7) is -0.120. The van der Waals surface area contributed by atoms with Gasteiger partial charge in [-0.3, -0.25) is 24.1 Å². The highest BCUT2D eigenvalue weighted by atomic mass is 32.2. The number of thiazole rings is 1. The molecule has 2 saturated carbocycles. The first-order valence-corrected chi connectivity index (χ1v) is 14.3. The minimum atomic E-state index is -1.18. The van der Waals surface area contributed by atoms with Crippen LogP contribution in [0.3, 0.4) is 0 Å². The van der Waals surface area contributed by atoms with E-state index in [4.69, 9.17) is 4.74 Å². The lowest BCUT2D eigenvalue weighted by atomic mass is 9.68. The number of nitrogens with zero attached hydrogens (tertiary/aromatic N) is 1. The number of carbonyl (C=O) groups excluding carboxylic acids is 2. The van der Waals surface area contributed by atoms with Crippen molar-refractivity contribution in [2.24, 2.45) is 29.6 Å². The molecule has 1 saturated heterocycles. The Hall–Kier alpha value is -3.37. The summed E-state index contributed by atoms with van der Waals surface area (Å²) >= 11 is 2.83. The number of carboxylic acid groups (broad SMARTS) is 1. The molecule has 3 aromatic rings. The molecule has 10 heteroatoms. The Morgan fingerprint density at radius 1 is 1.00 bits per heavy atom. The van der Waals surface area contributed by atoms with Gasteiger partial charge >= 0.3 is 10.8 Å². The molecule has 0 radical (unpaired) electrons. The molecule has 38 heavy (non-hydrogen) atoms. The number of nitrogens with one attached hydrogen (secondary N) is 1. The number of aliphatic carboxylic acids is 1. The number of thioether (sulfide) groups is 1. The standard InChI is InChI=1S/C28H24N2O6S2/c31-18(32)11-30-26(33)21-16-10-17(22(21)27(30)34)23-20(16)19(24-25(37-23)29-28(35)38-24)14-6-8-15(9-7-14)36-12-13-4-2-1-3-5-13/h1-9,16-17,19-23H,10-12H2,(H,29,35)(H,31,32)/t16-,17+,19-,20+,21+,22+,23-/m0/s1. The van der Waals surface area contributed by atoms with E-state index >= 15 is 0 Å². The van der Waals surface area contributed by atoms with Crippen LogP contribution >= 0.6 is 23.1 Å². The van der Waals surface area contributed by atoms with E-state index in [1.54, 1.807) is 11.8 Å². The van der Waals surface area contributed by atoms with Crippen LogP contribution in [0, 0.1) is 29.6 Å². The van der Waals surface area contributed by atoms with Crippen molar-refractivity contribution in [1.29, 1.82) is 0 Å². The number of aromatic nitrogens is 1. The van der Waals surface area contributed by atoms with Gasteiger partial charge in [-0.25, -0.2) is 0 Å². The Labute approximate surface area is 226 Å². The number of amides is 2. The number of rotatable bonds is 6. The lowest BCUT2D eigenvalue weighted by Gasteiger charge is -2.43. The van der Waals surface area contributed by atoms with Crippen molar-refractivity contribution in [3.63, 3.8) is 0 Å². The van der Waals surface area contributed by atoms with Gasteiger partial charge in [-0.15, -0.1) is 11.8 Å². The van der Waals surface area contributed by atoms with Gasteiger partial charge in [0.05, 0.1) is 16.9 Å². The maximum atomic E-state index is 13.3. The van der Waals surface area contributed by atoms with Crippen molar-refractivity contribution < 1.29 is 24.2 Å². The molecule has 2 bridgehead atoms. The van der Waals surface area contributed by atoms with Crippen LogP contribution in [0.25, 0.3) is 0 Å². The highest BCUT2D eigenvalue weighted by Crippen LogP contribution is 2.68. The molecule has 2 aliphatic carbocycles. The third kappa shape index (κ3) is 3.57. The number of H-pyrrole nitrogens is 1. The molecule has 7 atom stereocenters. The predicted molar refractivity (Wildman–Crippen MR) is 140 cm³/mol. The van der Waals surface area contributed by atoms with Crippen LogP contribution < -0.4 is 9.61 Å². The fourth-order valence-electron chi connectivity index (χ4n) is 7.26. The second kappa shape index (κ2) is 8.84. The molecule has 1 aromatic heterocycles. The molecular weight excluding hydrogens is 524 g/mol. The minimum absolute atomic E-state index is 0.0252. The maximum Gasteiger partial charge on any atom is 0.323 e. The Morgan fingerprint density at radius 2 is 1.71 bits per heavy atom. The van der Waals surface area contributed by atoms with E-state index in [2.05, 4.69) is 4.98 Å². The van der Waals surface area contributed by atoms with Gasteiger partial charge in [0.1, 0.15) is 18.9 Å². The molecule has 3 fully saturated rings. The number of imide groups is 1. The second-order valence-corrected chi connectivity index (χ2v) is 12.7. The number of hydrogen-bond donors (Lipinski definition) is 2. The monoisotopic (exact) mass is 548 g/mol. The number of benzene rings is 2. The van der Waals surface area contributed by atoms with Crippen LogP contribution in [0.4, 0.5) is 0 Å². The molecular formula is C28H24N2O6S2. The molecule has 7 rings (SSSR count). The third-order valence-electron chi connectivity index (χ3n) is 8.60. The number of ether oxygens (including phenoxy) is 1. The highest BCUT2D eigenvalue weighted by molar-refractivity contribution is 8.00. The SMILES string of the molecule is O=C(O)CN1C(=O)[C@@H]2[C@H]3C[C@@H]([C@@H]4Sc5[nH]c(=O)sc5[C@@H](c5ccc(OCc6ccccc6)cc5)[C@@H]34)[C@H]2C1=O. The van der Waals surface area contributed by atoms with E-state index in [-0.39, 0.29) is 45.6 Å². The Bertz CT molecular complexity index is 1500. The lowest BCUT2D eigenvalue weighted by Crippen LogP contribution is -2.42. The number of aromatic amines is 1. The summed E-state index contributed by atoms with van der Waals surface area (Å²) in [5.41, 5.74) is 2.13. The van der Waals surface area contributed by atoms with Crippen LogP contribution in [0.1, 0.15) is 28.3 Å². The first-order valence-electron chi connectivity index (χ1n) is 12.6. The number of hydrogen-bond acceptors (Lipinski definition) is 7. The normalized spacial score (nSPS) is 30.7. The average molecular weight is 549 g/mol. The molecule has 8 nitrogen and oxygen atoms in total. The van der Waals surface area contributed by atoms with Crippen molar-refractivity contribution >= 4 is 40.9 Å². The Balaban J connectivity index is 1.21. The quantitative estimate of drug-likeness (QED) is 0.453. The number of likely N-dealkylation sites (tertiary alicyclic amines) is 1. The van der Waals surface area contributed by atoms with Crippen molar-refractivity contribution in [2.75, 3.05) is 6.54 Å². The summed E-state index contributed by atoms with van der Waals surface area (Å²) in [6, 6.07) is 17.9. The van der Waals surface area contributed by atoms with Gasteiger partial charge in [-0.05, 0) is 47.4 Å². The summed E-state index contributed by atoms with van der Waals surface area (Å²) in [4.78, 5) is 55.0. The molecule has 2 aliphatic heterocycles. The van der Waals surface area contributed by atoms with Gasteiger partial charge in [0, 0.05) is 16.0 Å². The van der Waals surface area contributed by atoms with Crippen LogP contribution in [-0.4, -0.2) is 44.6 Å². The summed E-state index contributed by atoms with van der Waals surface area (Å²) in [7, 11) is 0. The molecule has 2 N–H and O–H groups in total. The molecule has 194 valence electrons. The zero-order valence-corrected chi connectivity index (χ0v) is 21.7. The van der Waals surface area contributed by atoms with Crippen LogP contribution in [0.15, 0.2) is 64.4 Å². The van der Waals surface area contributed by atoms with E-state index in [1.165, 1.54) is 11.3 Å². The van der Waals surface area contributed by atoms with Gasteiger partial charge in [0.15, 0.2) is 0 Å². The van der Waals surface area contributed by atoms with Gasteiger partial charge < -0.3 is 14.8 Å². The van der Waals surface area contributed by atoms with Crippen LogP contribution in [0.2, 0.25) is 0 Å². The van der Waals surface area contributed by atoms with E-state index in [0.29, 0.717) is 6.61 Å². The number of carbonyl (C=O) groups is 3. The van der Waals surface area contributed by atoms with Crippen molar-refractivity contribution in [1.82, 2.24) is 9.88 Å². The largest absolute Gasteiger partial charge is 0.489 e. The van der Waals surface area contributed by atoms with Gasteiger partial charge in [-0.1, -0.05) is 53.8 Å². The van der Waals surface area contributed by atoms with E-state index in [0.717, 1.165) is 38.1 Å². The molecule has 0 spiro atoms. The third-order valence-corrected chi connectivity index (χ3v) is 11.2. The fraction of sp³-hybridized carbons (Fsp3) is 0.357. The van der Waals surface area contributed by atoms with E-state index in [1.807, 2.05) is 54.6 Å². The van der Waals surface area contributed by atoms with E-state index < -0.39 is 24.3 Å². The molecule has 4 aliphatic rings. The van der Waals surface area contributed by atoms with Crippen molar-refractivity contribution in [2.45, 2.75) is 29.2 Å². The zero-order valence-electron chi connectivity index (χ0n) is 20.1. The van der Waals surface area contributed by atoms with Gasteiger partial charge in [0.25, 0.3) is 0 Å². The minimum Gasteiger partial charge on any atom is -0.489 e. The number of carboxylic acids is 1. The van der Waals surface area contributed by atoms with E-state index in [9.17, 15) is 24.3 Å². The first-order chi connectivity index (χ1) is 18.4. The zero-order chi connectivity index (χ0) is 26.1. The van der Waals surface area contributed by atoms with Crippen molar-refractivity contribution in [3.8, 4) is 5.75 Å². The topological polar surface area (TPSA) is 117 Å². The number of fused-ring (bicyclic) bond motifs is 9. The average Bonchev–Trinajstić information content (AvgIpc) is 3.64. The predicted octanol–water partition coefficient (Wildman–Crippen LogP) is 3.57. The highest BCUT2D eigenvalue weighted by Gasteiger charge is 2.69. The summed E-state index contributed by atoms with van der Waals surface area (Å²) in [6.07, 6.45) is 0.768. The first kappa shape index (κ1) is 23.7. The summed E-state index contributed by atoms with van der Waals surface area (Å²) in [5, 5.41) is 10.2. The smallest absolute Gasteiger partial charge is 0.323 e. The van der Waals surface area contributed by atoms with Gasteiger partial charge in [-0.2, -0.15) is 0 Å².